The van der Waals surface area contributed by atoms with Crippen LogP contribution in [0.4, 0.5) is 10.5 Å². The second-order valence-corrected chi connectivity index (χ2v) is 6.48. The zero-order chi connectivity index (χ0) is 19.5. The molecule has 0 spiro atoms. The molecule has 8 nitrogen and oxygen atoms in total. The van der Waals surface area contributed by atoms with E-state index in [0.717, 1.165) is 17.5 Å². The third-order valence-electron chi connectivity index (χ3n) is 4.41. The molecule has 1 unspecified atom stereocenters. The number of amides is 2. The second-order valence-electron chi connectivity index (χ2n) is 6.48. The number of carbonyl (C=O) groups is 1. The topological polar surface area (TPSA) is 98.5 Å². The fraction of sp³-hybridized carbons (Fsp3) is 0.250. The van der Waals surface area contributed by atoms with Crippen LogP contribution in [-0.2, 0) is 0 Å². The standard InChI is InChI=1S/C20H20N4O4/c1-3-12(2)21-20(25)22-15-6-4-5-13(9-15)18-23-19(28-24-18)14-7-8-16-17(10-14)27-11-26-16/h4-10,12H,3,11H2,1-2H3,(H2,21,22,25). The number of anilines is 1. The van der Waals surface area contributed by atoms with Gasteiger partial charge in [-0.3, -0.25) is 0 Å². The molecule has 1 aliphatic heterocycles. The first kappa shape index (κ1) is 17.8. The number of hydrogen-bond donors (Lipinski definition) is 2. The lowest BCUT2D eigenvalue weighted by Gasteiger charge is -2.12. The van der Waals surface area contributed by atoms with E-state index in [1.165, 1.54) is 0 Å². The average molecular weight is 380 g/mol. The molecule has 2 N–H and O–H groups in total. The van der Waals surface area contributed by atoms with Crippen molar-refractivity contribution >= 4 is 11.7 Å². The molecule has 0 aliphatic carbocycles. The van der Waals surface area contributed by atoms with Crippen LogP contribution >= 0.6 is 0 Å². The quantitative estimate of drug-likeness (QED) is 0.693. The van der Waals surface area contributed by atoms with E-state index in [9.17, 15) is 4.79 Å². The van der Waals surface area contributed by atoms with Crippen molar-refractivity contribution in [2.75, 3.05) is 12.1 Å². The largest absolute Gasteiger partial charge is 0.454 e. The number of rotatable bonds is 5. The monoisotopic (exact) mass is 380 g/mol. The van der Waals surface area contributed by atoms with Crippen molar-refractivity contribution in [3.05, 3.63) is 42.5 Å². The van der Waals surface area contributed by atoms with E-state index in [4.69, 9.17) is 14.0 Å². The summed E-state index contributed by atoms with van der Waals surface area (Å²) in [6, 6.07) is 12.6. The molecule has 4 rings (SSSR count). The van der Waals surface area contributed by atoms with Crippen LogP contribution in [0.3, 0.4) is 0 Å². The highest BCUT2D eigenvalue weighted by Crippen LogP contribution is 2.35. The van der Waals surface area contributed by atoms with Crippen molar-refractivity contribution in [1.82, 2.24) is 15.5 Å². The summed E-state index contributed by atoms with van der Waals surface area (Å²) in [6.07, 6.45) is 0.860. The highest BCUT2D eigenvalue weighted by molar-refractivity contribution is 5.90. The Morgan fingerprint density at radius 3 is 2.86 bits per heavy atom. The van der Waals surface area contributed by atoms with Crippen LogP contribution in [0.15, 0.2) is 47.0 Å². The maximum absolute atomic E-state index is 12.0. The molecular weight excluding hydrogens is 360 g/mol. The van der Waals surface area contributed by atoms with Crippen molar-refractivity contribution in [3.8, 4) is 34.3 Å². The first-order valence-corrected chi connectivity index (χ1v) is 9.04. The third kappa shape index (κ3) is 3.75. The lowest BCUT2D eigenvalue weighted by Crippen LogP contribution is -2.35. The number of benzene rings is 2. The fourth-order valence-corrected chi connectivity index (χ4v) is 2.72. The Hall–Kier alpha value is -3.55. The molecule has 8 heteroatoms. The molecule has 2 amide bonds. The van der Waals surface area contributed by atoms with Gasteiger partial charge in [-0.05, 0) is 43.7 Å². The van der Waals surface area contributed by atoms with Crippen LogP contribution in [-0.4, -0.2) is 29.0 Å². The number of hydrogen-bond acceptors (Lipinski definition) is 6. The molecule has 1 atom stereocenters. The van der Waals surface area contributed by atoms with E-state index < -0.39 is 0 Å². The number of nitrogens with one attached hydrogen (secondary N) is 2. The highest BCUT2D eigenvalue weighted by Gasteiger charge is 2.17. The summed E-state index contributed by atoms with van der Waals surface area (Å²) in [4.78, 5) is 16.5. The Balaban J connectivity index is 1.52. The molecule has 1 aromatic heterocycles. The van der Waals surface area contributed by atoms with Gasteiger partial charge in [0.15, 0.2) is 11.5 Å². The minimum absolute atomic E-state index is 0.102. The Labute approximate surface area is 161 Å². The van der Waals surface area contributed by atoms with Crippen molar-refractivity contribution in [3.63, 3.8) is 0 Å². The van der Waals surface area contributed by atoms with E-state index in [2.05, 4.69) is 20.8 Å². The zero-order valence-corrected chi connectivity index (χ0v) is 15.6. The molecule has 0 radical (unpaired) electrons. The summed E-state index contributed by atoms with van der Waals surface area (Å²) in [5.41, 5.74) is 2.12. The van der Waals surface area contributed by atoms with Crippen molar-refractivity contribution < 1.29 is 18.8 Å². The van der Waals surface area contributed by atoms with Crippen LogP contribution in [0.25, 0.3) is 22.8 Å². The smallest absolute Gasteiger partial charge is 0.319 e. The van der Waals surface area contributed by atoms with E-state index in [-0.39, 0.29) is 18.9 Å². The molecule has 0 saturated carbocycles. The first-order valence-electron chi connectivity index (χ1n) is 9.04. The summed E-state index contributed by atoms with van der Waals surface area (Å²) in [7, 11) is 0. The van der Waals surface area contributed by atoms with Crippen LogP contribution in [0.2, 0.25) is 0 Å². The molecule has 0 fully saturated rings. The van der Waals surface area contributed by atoms with Gasteiger partial charge in [-0.1, -0.05) is 24.2 Å². The molecular formula is C20H20N4O4. The second kappa shape index (κ2) is 7.59. The van der Waals surface area contributed by atoms with Gasteiger partial charge in [0.2, 0.25) is 12.6 Å². The molecule has 2 aromatic carbocycles. The number of fused-ring (bicyclic) bond motifs is 1. The summed E-state index contributed by atoms with van der Waals surface area (Å²) >= 11 is 0. The van der Waals surface area contributed by atoms with Gasteiger partial charge >= 0.3 is 6.03 Å². The SMILES string of the molecule is CCC(C)NC(=O)Nc1cccc(-c2noc(-c3ccc4c(c3)OCO4)n2)c1. The fourth-order valence-electron chi connectivity index (χ4n) is 2.72. The Bertz CT molecular complexity index is 1000. The molecule has 144 valence electrons. The molecule has 28 heavy (non-hydrogen) atoms. The molecule has 1 aliphatic rings. The van der Waals surface area contributed by atoms with Crippen LogP contribution in [0, 0.1) is 0 Å². The Morgan fingerprint density at radius 2 is 2.00 bits per heavy atom. The molecule has 0 saturated heterocycles. The maximum Gasteiger partial charge on any atom is 0.319 e. The number of urea groups is 1. The first-order chi connectivity index (χ1) is 13.6. The minimum Gasteiger partial charge on any atom is -0.454 e. The predicted octanol–water partition coefficient (Wildman–Crippen LogP) is 4.05. The third-order valence-corrected chi connectivity index (χ3v) is 4.41. The van der Waals surface area contributed by atoms with Crippen LogP contribution < -0.4 is 20.1 Å². The number of aromatic nitrogens is 2. The van der Waals surface area contributed by atoms with E-state index >= 15 is 0 Å². The average Bonchev–Trinajstić information content (AvgIpc) is 3.37. The number of carbonyl (C=O) groups excluding carboxylic acids is 1. The van der Waals surface area contributed by atoms with Gasteiger partial charge in [0, 0.05) is 22.9 Å². The lowest BCUT2D eigenvalue weighted by atomic mass is 10.2. The van der Waals surface area contributed by atoms with Gasteiger partial charge in [-0.15, -0.1) is 0 Å². The molecule has 2 heterocycles. The van der Waals surface area contributed by atoms with Crippen LogP contribution in [0.5, 0.6) is 11.5 Å². The maximum atomic E-state index is 12.0. The van der Waals surface area contributed by atoms with Gasteiger partial charge in [0.05, 0.1) is 0 Å². The summed E-state index contributed by atoms with van der Waals surface area (Å²) in [6.45, 7) is 4.17. The van der Waals surface area contributed by atoms with Gasteiger partial charge in [-0.25, -0.2) is 4.79 Å². The Morgan fingerprint density at radius 1 is 1.14 bits per heavy atom. The summed E-state index contributed by atoms with van der Waals surface area (Å²) in [5, 5.41) is 9.73. The normalized spacial score (nSPS) is 13.2. The van der Waals surface area contributed by atoms with Crippen molar-refractivity contribution in [2.24, 2.45) is 0 Å². The van der Waals surface area contributed by atoms with Gasteiger partial charge < -0.3 is 24.6 Å². The number of ether oxygens (including phenoxy) is 2. The minimum atomic E-state index is -0.249. The van der Waals surface area contributed by atoms with Gasteiger partial charge in [0.25, 0.3) is 5.89 Å². The van der Waals surface area contributed by atoms with Gasteiger partial charge in [0.1, 0.15) is 0 Å². The predicted molar refractivity (Wildman–Crippen MR) is 103 cm³/mol. The van der Waals surface area contributed by atoms with E-state index in [1.807, 2.05) is 38.1 Å². The summed E-state index contributed by atoms with van der Waals surface area (Å²) < 4.78 is 16.1. The van der Waals surface area contributed by atoms with E-state index in [1.54, 1.807) is 18.2 Å². The molecule has 3 aromatic rings. The highest BCUT2D eigenvalue weighted by atomic mass is 16.7. The molecule has 0 bridgehead atoms. The summed E-state index contributed by atoms with van der Waals surface area (Å²) in [5.74, 6) is 2.15. The lowest BCUT2D eigenvalue weighted by molar-refractivity contribution is 0.174. The van der Waals surface area contributed by atoms with Crippen LogP contribution in [0.1, 0.15) is 20.3 Å². The van der Waals surface area contributed by atoms with Crippen molar-refractivity contribution in [2.45, 2.75) is 26.3 Å². The number of nitrogens with zero attached hydrogens (tertiary/aromatic N) is 2. The van der Waals surface area contributed by atoms with Crippen molar-refractivity contribution in [1.29, 1.82) is 0 Å². The van der Waals surface area contributed by atoms with Gasteiger partial charge in [-0.2, -0.15) is 4.98 Å². The van der Waals surface area contributed by atoms with E-state index in [0.29, 0.717) is 28.9 Å². The zero-order valence-electron chi connectivity index (χ0n) is 15.6. The Kier molecular flexibility index (Phi) is 4.84.